The van der Waals surface area contributed by atoms with Crippen molar-refractivity contribution in [3.63, 3.8) is 0 Å². The first-order valence-corrected chi connectivity index (χ1v) is 9.14. The molecule has 2 aromatic carbocycles. The minimum absolute atomic E-state index is 0.212. The van der Waals surface area contributed by atoms with E-state index in [0.717, 1.165) is 18.4 Å². The number of nitrogens with one attached hydrogen (secondary N) is 1. The zero-order chi connectivity index (χ0) is 19.5. The van der Waals surface area contributed by atoms with Crippen molar-refractivity contribution in [2.24, 2.45) is 0 Å². The third kappa shape index (κ3) is 3.80. The molecule has 2 heterocycles. The third-order valence-electron chi connectivity index (χ3n) is 4.77. The van der Waals surface area contributed by atoms with Crippen molar-refractivity contribution in [2.45, 2.75) is 18.9 Å². The molecule has 0 unspecified atom stereocenters. The molecular formula is C21H20FN3O3. The van der Waals surface area contributed by atoms with Crippen molar-refractivity contribution in [2.75, 3.05) is 25.6 Å². The van der Waals surface area contributed by atoms with Crippen LogP contribution in [-0.2, 0) is 9.47 Å². The van der Waals surface area contributed by atoms with Gasteiger partial charge in [-0.25, -0.2) is 19.2 Å². The van der Waals surface area contributed by atoms with Gasteiger partial charge in [-0.2, -0.15) is 0 Å². The maximum absolute atomic E-state index is 13.4. The number of benzene rings is 2. The number of esters is 1. The van der Waals surface area contributed by atoms with Crippen LogP contribution in [0.3, 0.4) is 0 Å². The smallest absolute Gasteiger partial charge is 0.337 e. The molecule has 7 heteroatoms. The first-order chi connectivity index (χ1) is 13.6. The molecule has 0 amide bonds. The Kier molecular flexibility index (Phi) is 5.16. The standard InChI is InChI=1S/C21H20FN3O3/c1-27-21(26)14-4-7-17-18(12-14)25-20(23-16-8-10-28-11-9-16)19(24-17)13-2-5-15(22)6-3-13/h2-7,12,16H,8-11H2,1H3,(H,23,25). The van der Waals surface area contributed by atoms with Crippen LogP contribution in [0, 0.1) is 5.82 Å². The molecule has 4 rings (SSSR count). The summed E-state index contributed by atoms with van der Waals surface area (Å²) in [5.41, 5.74) is 3.05. The number of nitrogens with zero attached hydrogens (tertiary/aromatic N) is 2. The van der Waals surface area contributed by atoms with Gasteiger partial charge in [-0.3, -0.25) is 0 Å². The Morgan fingerprint density at radius 1 is 1.11 bits per heavy atom. The molecule has 1 aliphatic heterocycles. The SMILES string of the molecule is COC(=O)c1ccc2nc(-c3ccc(F)cc3)c(NC3CCOCC3)nc2c1. The molecule has 28 heavy (non-hydrogen) atoms. The number of carbonyl (C=O) groups excluding carboxylic acids is 1. The van der Waals surface area contributed by atoms with Gasteiger partial charge in [0.05, 0.1) is 23.7 Å². The van der Waals surface area contributed by atoms with Crippen molar-refractivity contribution in [1.29, 1.82) is 0 Å². The fourth-order valence-corrected chi connectivity index (χ4v) is 3.24. The molecule has 0 bridgehead atoms. The number of hydrogen-bond donors (Lipinski definition) is 1. The largest absolute Gasteiger partial charge is 0.465 e. The summed E-state index contributed by atoms with van der Waals surface area (Å²) in [5.74, 6) is -0.127. The van der Waals surface area contributed by atoms with E-state index in [1.165, 1.54) is 19.2 Å². The summed E-state index contributed by atoms with van der Waals surface area (Å²) in [7, 11) is 1.34. The first kappa shape index (κ1) is 18.3. The summed E-state index contributed by atoms with van der Waals surface area (Å²) in [6.07, 6.45) is 1.73. The molecule has 144 valence electrons. The lowest BCUT2D eigenvalue weighted by atomic mass is 10.1. The average Bonchev–Trinajstić information content (AvgIpc) is 2.73. The second-order valence-corrected chi connectivity index (χ2v) is 6.65. The molecule has 1 fully saturated rings. The van der Waals surface area contributed by atoms with Crippen LogP contribution in [-0.4, -0.2) is 42.3 Å². The Labute approximate surface area is 161 Å². The normalized spacial score (nSPS) is 14.8. The lowest BCUT2D eigenvalue weighted by Crippen LogP contribution is -2.28. The van der Waals surface area contributed by atoms with E-state index in [2.05, 4.69) is 5.32 Å². The monoisotopic (exact) mass is 381 g/mol. The Morgan fingerprint density at radius 2 is 1.86 bits per heavy atom. The fourth-order valence-electron chi connectivity index (χ4n) is 3.24. The Bertz CT molecular complexity index is 1000. The van der Waals surface area contributed by atoms with E-state index < -0.39 is 5.97 Å². The van der Waals surface area contributed by atoms with Crippen LogP contribution < -0.4 is 5.32 Å². The van der Waals surface area contributed by atoms with Gasteiger partial charge < -0.3 is 14.8 Å². The number of hydrogen-bond acceptors (Lipinski definition) is 6. The van der Waals surface area contributed by atoms with Crippen molar-refractivity contribution in [1.82, 2.24) is 9.97 Å². The molecule has 1 saturated heterocycles. The summed E-state index contributed by atoms with van der Waals surface area (Å²) in [4.78, 5) is 21.3. The zero-order valence-electron chi connectivity index (χ0n) is 15.4. The van der Waals surface area contributed by atoms with E-state index in [1.54, 1.807) is 30.3 Å². The Hall–Kier alpha value is -3.06. The Balaban J connectivity index is 1.80. The highest BCUT2D eigenvalue weighted by Crippen LogP contribution is 2.29. The van der Waals surface area contributed by atoms with Gasteiger partial charge in [0.15, 0.2) is 5.82 Å². The van der Waals surface area contributed by atoms with E-state index in [9.17, 15) is 9.18 Å². The predicted molar refractivity (Wildman–Crippen MR) is 104 cm³/mol. The van der Waals surface area contributed by atoms with Crippen LogP contribution >= 0.6 is 0 Å². The molecule has 0 atom stereocenters. The van der Waals surface area contributed by atoms with E-state index in [1.807, 2.05) is 0 Å². The summed E-state index contributed by atoms with van der Waals surface area (Å²) in [6.45, 7) is 1.38. The van der Waals surface area contributed by atoms with Gasteiger partial charge in [-0.1, -0.05) is 0 Å². The van der Waals surface area contributed by atoms with Gasteiger partial charge in [0.25, 0.3) is 0 Å². The van der Waals surface area contributed by atoms with E-state index in [4.69, 9.17) is 19.4 Å². The molecule has 0 radical (unpaired) electrons. The average molecular weight is 381 g/mol. The van der Waals surface area contributed by atoms with Crippen LogP contribution in [0.2, 0.25) is 0 Å². The lowest BCUT2D eigenvalue weighted by Gasteiger charge is -2.24. The highest BCUT2D eigenvalue weighted by molar-refractivity contribution is 5.94. The number of halogens is 1. The maximum atomic E-state index is 13.4. The number of carbonyl (C=O) groups is 1. The minimum atomic E-state index is -0.426. The zero-order valence-corrected chi connectivity index (χ0v) is 15.4. The van der Waals surface area contributed by atoms with Gasteiger partial charge in [0.2, 0.25) is 0 Å². The summed E-state index contributed by atoms with van der Waals surface area (Å²) < 4.78 is 23.6. The minimum Gasteiger partial charge on any atom is -0.465 e. The second-order valence-electron chi connectivity index (χ2n) is 6.65. The van der Waals surface area contributed by atoms with Crippen molar-refractivity contribution in [3.8, 4) is 11.3 Å². The van der Waals surface area contributed by atoms with Crippen LogP contribution in [0.4, 0.5) is 10.2 Å². The highest BCUT2D eigenvalue weighted by atomic mass is 19.1. The van der Waals surface area contributed by atoms with Crippen molar-refractivity contribution >= 4 is 22.8 Å². The summed E-state index contributed by atoms with van der Waals surface area (Å²) in [6, 6.07) is 11.4. The molecule has 0 spiro atoms. The second kappa shape index (κ2) is 7.90. The molecular weight excluding hydrogens is 361 g/mol. The Morgan fingerprint density at radius 3 is 2.57 bits per heavy atom. The first-order valence-electron chi connectivity index (χ1n) is 9.14. The van der Waals surface area contributed by atoms with Gasteiger partial charge >= 0.3 is 5.97 Å². The molecule has 1 N–H and O–H groups in total. The van der Waals surface area contributed by atoms with E-state index >= 15 is 0 Å². The van der Waals surface area contributed by atoms with Crippen molar-refractivity contribution in [3.05, 3.63) is 53.8 Å². The molecule has 3 aromatic rings. The quantitative estimate of drug-likeness (QED) is 0.693. The van der Waals surface area contributed by atoms with E-state index in [0.29, 0.717) is 41.3 Å². The van der Waals surface area contributed by atoms with Crippen LogP contribution in [0.25, 0.3) is 22.3 Å². The fraction of sp³-hybridized carbons (Fsp3) is 0.286. The third-order valence-corrected chi connectivity index (χ3v) is 4.77. The van der Waals surface area contributed by atoms with Gasteiger partial charge in [0, 0.05) is 24.8 Å². The number of aromatic nitrogens is 2. The topological polar surface area (TPSA) is 73.3 Å². The van der Waals surface area contributed by atoms with Crippen LogP contribution in [0.5, 0.6) is 0 Å². The predicted octanol–water partition coefficient (Wildman–Crippen LogP) is 3.81. The lowest BCUT2D eigenvalue weighted by molar-refractivity contribution is 0.0601. The molecule has 1 aliphatic rings. The molecule has 0 saturated carbocycles. The van der Waals surface area contributed by atoms with Crippen molar-refractivity contribution < 1.29 is 18.7 Å². The van der Waals surface area contributed by atoms with Gasteiger partial charge in [0.1, 0.15) is 11.5 Å². The summed E-state index contributed by atoms with van der Waals surface area (Å²) >= 11 is 0. The van der Waals surface area contributed by atoms with Crippen LogP contribution in [0.1, 0.15) is 23.2 Å². The number of ether oxygens (including phenoxy) is 2. The van der Waals surface area contributed by atoms with Crippen LogP contribution in [0.15, 0.2) is 42.5 Å². The number of anilines is 1. The number of rotatable bonds is 4. The van der Waals surface area contributed by atoms with Gasteiger partial charge in [-0.05, 0) is 55.3 Å². The molecule has 0 aliphatic carbocycles. The van der Waals surface area contributed by atoms with Gasteiger partial charge in [-0.15, -0.1) is 0 Å². The maximum Gasteiger partial charge on any atom is 0.337 e. The molecule has 6 nitrogen and oxygen atoms in total. The number of fused-ring (bicyclic) bond motifs is 1. The highest BCUT2D eigenvalue weighted by Gasteiger charge is 2.19. The summed E-state index contributed by atoms with van der Waals surface area (Å²) in [5, 5.41) is 3.45. The molecule has 1 aromatic heterocycles. The van der Waals surface area contributed by atoms with E-state index in [-0.39, 0.29) is 11.9 Å². The number of methoxy groups -OCH3 is 1.